The highest BCUT2D eigenvalue weighted by molar-refractivity contribution is 7.99. The van der Waals surface area contributed by atoms with Crippen LogP contribution in [0.15, 0.2) is 53.4 Å². The lowest BCUT2D eigenvalue weighted by Gasteiger charge is -2.18. The van der Waals surface area contributed by atoms with Crippen LogP contribution in [0.25, 0.3) is 0 Å². The molecule has 1 amide bonds. The van der Waals surface area contributed by atoms with Crippen molar-refractivity contribution in [3.05, 3.63) is 54.1 Å². The molecule has 0 bridgehead atoms. The molecule has 4 nitrogen and oxygen atoms in total. The van der Waals surface area contributed by atoms with Crippen molar-refractivity contribution in [1.29, 1.82) is 0 Å². The number of methoxy groups -OCH3 is 2. The van der Waals surface area contributed by atoms with Crippen LogP contribution in [0.3, 0.4) is 0 Å². The van der Waals surface area contributed by atoms with Gasteiger partial charge in [0.2, 0.25) is 6.41 Å². The summed E-state index contributed by atoms with van der Waals surface area (Å²) in [4.78, 5) is 11.8. The normalized spacial score (nSPS) is 11.5. The largest absolute Gasteiger partial charge is 0.493 e. The van der Waals surface area contributed by atoms with E-state index in [4.69, 9.17) is 9.47 Å². The molecule has 0 radical (unpaired) electrons. The van der Waals surface area contributed by atoms with Crippen LogP contribution in [-0.2, 0) is 4.79 Å². The molecule has 0 saturated carbocycles. The number of ether oxygens (including phenoxy) is 2. The summed E-state index contributed by atoms with van der Waals surface area (Å²) in [6.07, 6.45) is 0.722. The molecule has 116 valence electrons. The molecule has 5 heteroatoms. The van der Waals surface area contributed by atoms with Gasteiger partial charge in [0.15, 0.2) is 11.5 Å². The predicted octanol–water partition coefficient (Wildman–Crippen LogP) is 3.28. The van der Waals surface area contributed by atoms with Gasteiger partial charge in [-0.05, 0) is 29.8 Å². The molecule has 1 unspecified atom stereocenters. The van der Waals surface area contributed by atoms with E-state index in [1.165, 1.54) is 0 Å². The van der Waals surface area contributed by atoms with Crippen LogP contribution in [-0.4, -0.2) is 27.2 Å². The molecule has 2 aromatic rings. The molecule has 0 aliphatic carbocycles. The summed E-state index contributed by atoms with van der Waals surface area (Å²) in [5.41, 5.74) is 1.07. The van der Waals surface area contributed by atoms with Gasteiger partial charge in [-0.15, -0.1) is 11.8 Å². The first kappa shape index (κ1) is 16.2. The van der Waals surface area contributed by atoms with E-state index in [1.807, 2.05) is 36.4 Å². The van der Waals surface area contributed by atoms with Crippen molar-refractivity contribution >= 4 is 18.2 Å². The maximum Gasteiger partial charge on any atom is 0.207 e. The molecule has 22 heavy (non-hydrogen) atoms. The average Bonchev–Trinajstić information content (AvgIpc) is 2.58. The van der Waals surface area contributed by atoms with Crippen LogP contribution in [0.4, 0.5) is 0 Å². The maximum absolute atomic E-state index is 10.7. The average molecular weight is 317 g/mol. The SMILES string of the molecule is COc1ccc(C(CNC=O)Sc2ccccc2)cc1OC. The zero-order chi connectivity index (χ0) is 15.8. The minimum absolute atomic E-state index is 0.0902. The fourth-order valence-electron chi connectivity index (χ4n) is 2.10. The topological polar surface area (TPSA) is 47.6 Å². The Bertz CT molecular complexity index is 604. The van der Waals surface area contributed by atoms with Gasteiger partial charge in [-0.3, -0.25) is 4.79 Å². The zero-order valence-electron chi connectivity index (χ0n) is 12.6. The third kappa shape index (κ3) is 4.18. The minimum Gasteiger partial charge on any atom is -0.493 e. The number of carbonyl (C=O) groups excluding carboxylic acids is 1. The number of carbonyl (C=O) groups is 1. The summed E-state index contributed by atoms with van der Waals surface area (Å²) in [6, 6.07) is 15.9. The van der Waals surface area contributed by atoms with E-state index in [-0.39, 0.29) is 5.25 Å². The van der Waals surface area contributed by atoms with E-state index < -0.39 is 0 Å². The Kier molecular flexibility index (Phi) is 6.15. The first-order valence-corrected chi connectivity index (χ1v) is 7.77. The Labute approximate surface area is 134 Å². The quantitative estimate of drug-likeness (QED) is 0.599. The van der Waals surface area contributed by atoms with E-state index in [0.29, 0.717) is 18.0 Å². The second kappa shape index (κ2) is 8.34. The van der Waals surface area contributed by atoms with Crippen molar-refractivity contribution in [2.75, 3.05) is 20.8 Å². The third-order valence-corrected chi connectivity index (χ3v) is 4.46. The number of hydrogen-bond acceptors (Lipinski definition) is 4. The molecule has 0 heterocycles. The third-order valence-electron chi connectivity index (χ3n) is 3.19. The van der Waals surface area contributed by atoms with Gasteiger partial charge < -0.3 is 14.8 Å². The van der Waals surface area contributed by atoms with E-state index in [9.17, 15) is 4.79 Å². The van der Waals surface area contributed by atoms with Crippen LogP contribution in [0.2, 0.25) is 0 Å². The van der Waals surface area contributed by atoms with Gasteiger partial charge in [0, 0.05) is 11.4 Å². The van der Waals surface area contributed by atoms with Gasteiger partial charge in [0.1, 0.15) is 0 Å². The molecule has 0 fully saturated rings. The molecule has 1 N–H and O–H groups in total. The molecular formula is C17H19NO3S. The summed E-state index contributed by atoms with van der Waals surface area (Å²) in [5.74, 6) is 1.38. The second-order valence-electron chi connectivity index (χ2n) is 4.56. The lowest BCUT2D eigenvalue weighted by atomic mass is 10.1. The second-order valence-corrected chi connectivity index (χ2v) is 5.84. The lowest BCUT2D eigenvalue weighted by molar-refractivity contribution is -0.109. The highest BCUT2D eigenvalue weighted by atomic mass is 32.2. The predicted molar refractivity (Wildman–Crippen MR) is 88.7 cm³/mol. The van der Waals surface area contributed by atoms with Gasteiger partial charge >= 0.3 is 0 Å². The van der Waals surface area contributed by atoms with Crippen LogP contribution in [0.5, 0.6) is 11.5 Å². The van der Waals surface area contributed by atoms with E-state index in [1.54, 1.807) is 26.0 Å². The number of thioether (sulfide) groups is 1. The van der Waals surface area contributed by atoms with Crippen molar-refractivity contribution in [3.63, 3.8) is 0 Å². The van der Waals surface area contributed by atoms with Gasteiger partial charge in [0.25, 0.3) is 0 Å². The number of nitrogens with one attached hydrogen (secondary N) is 1. The number of rotatable bonds is 8. The van der Waals surface area contributed by atoms with Crippen LogP contribution >= 0.6 is 11.8 Å². The van der Waals surface area contributed by atoms with Crippen LogP contribution < -0.4 is 14.8 Å². The first-order chi connectivity index (χ1) is 10.8. The lowest BCUT2D eigenvalue weighted by Crippen LogP contribution is -2.18. The van der Waals surface area contributed by atoms with Crippen molar-refractivity contribution in [2.45, 2.75) is 10.1 Å². The monoisotopic (exact) mass is 317 g/mol. The molecular weight excluding hydrogens is 298 g/mol. The van der Waals surface area contributed by atoms with Crippen LogP contribution in [0, 0.1) is 0 Å². The standard InChI is InChI=1S/C17H19NO3S/c1-20-15-9-8-13(10-16(15)21-2)17(11-18-12-19)22-14-6-4-3-5-7-14/h3-10,12,17H,11H2,1-2H3,(H,18,19). The van der Waals surface area contributed by atoms with Crippen LogP contribution in [0.1, 0.15) is 10.8 Å². The Morgan fingerprint density at radius 3 is 2.45 bits per heavy atom. The number of amides is 1. The fourth-order valence-corrected chi connectivity index (χ4v) is 3.20. The van der Waals surface area contributed by atoms with Crippen molar-refractivity contribution < 1.29 is 14.3 Å². The Hall–Kier alpha value is -2.14. The molecule has 1 atom stereocenters. The molecule has 2 rings (SSSR count). The summed E-state index contributed by atoms with van der Waals surface area (Å²) < 4.78 is 10.6. The Morgan fingerprint density at radius 2 is 1.82 bits per heavy atom. The first-order valence-electron chi connectivity index (χ1n) is 6.89. The maximum atomic E-state index is 10.7. The zero-order valence-corrected chi connectivity index (χ0v) is 13.4. The number of hydrogen-bond donors (Lipinski definition) is 1. The molecule has 0 spiro atoms. The highest BCUT2D eigenvalue weighted by Gasteiger charge is 2.15. The smallest absolute Gasteiger partial charge is 0.207 e. The molecule has 2 aromatic carbocycles. The van der Waals surface area contributed by atoms with E-state index >= 15 is 0 Å². The Balaban J connectivity index is 2.26. The molecule has 0 aromatic heterocycles. The highest BCUT2D eigenvalue weighted by Crippen LogP contribution is 2.38. The summed E-state index contributed by atoms with van der Waals surface area (Å²) in [6.45, 7) is 0.540. The van der Waals surface area contributed by atoms with Crippen molar-refractivity contribution in [3.8, 4) is 11.5 Å². The molecule has 0 aliphatic rings. The number of benzene rings is 2. The summed E-state index contributed by atoms with van der Waals surface area (Å²) in [5, 5.41) is 2.85. The van der Waals surface area contributed by atoms with Gasteiger partial charge in [0.05, 0.1) is 19.5 Å². The van der Waals surface area contributed by atoms with E-state index in [2.05, 4.69) is 17.4 Å². The molecule has 0 aliphatic heterocycles. The van der Waals surface area contributed by atoms with Gasteiger partial charge in [-0.1, -0.05) is 24.3 Å². The summed E-state index contributed by atoms with van der Waals surface area (Å²) >= 11 is 1.70. The van der Waals surface area contributed by atoms with Gasteiger partial charge in [-0.25, -0.2) is 0 Å². The van der Waals surface area contributed by atoms with Crippen molar-refractivity contribution in [1.82, 2.24) is 5.32 Å². The summed E-state index contributed by atoms with van der Waals surface area (Å²) in [7, 11) is 3.23. The fraction of sp³-hybridized carbons (Fsp3) is 0.235. The minimum atomic E-state index is 0.0902. The van der Waals surface area contributed by atoms with Gasteiger partial charge in [-0.2, -0.15) is 0 Å². The van der Waals surface area contributed by atoms with Crippen molar-refractivity contribution in [2.24, 2.45) is 0 Å². The molecule has 0 saturated heterocycles. The van der Waals surface area contributed by atoms with E-state index in [0.717, 1.165) is 16.9 Å². The Morgan fingerprint density at radius 1 is 1.09 bits per heavy atom.